The van der Waals surface area contributed by atoms with Crippen molar-refractivity contribution in [2.24, 2.45) is 5.41 Å². The molecule has 2 aromatic rings. The van der Waals surface area contributed by atoms with Gasteiger partial charge in [-0.15, -0.1) is 0 Å². The van der Waals surface area contributed by atoms with Gasteiger partial charge < -0.3 is 9.64 Å². The summed E-state index contributed by atoms with van der Waals surface area (Å²) in [6, 6.07) is 7.51. The van der Waals surface area contributed by atoms with Gasteiger partial charge in [0.25, 0.3) is 0 Å². The maximum Gasteiger partial charge on any atom is 0.130 e. The largest absolute Gasteiger partial charge is 0.490 e. The standard InChI is InChI=1S/C20H27FN2O/c1-20(2,3)14-23-11-8-16(9-12-23)24-18-7-10-22-19-15(13-21)5-4-6-17(18)19/h4-7,10,16H,8-9,11-14H2,1-3H3. The number of alkyl halides is 1. The van der Waals surface area contributed by atoms with E-state index >= 15 is 0 Å². The number of pyridine rings is 1. The van der Waals surface area contributed by atoms with Crippen molar-refractivity contribution in [3.8, 4) is 5.75 Å². The zero-order valence-corrected chi connectivity index (χ0v) is 14.9. The normalized spacial score (nSPS) is 17.3. The average Bonchev–Trinajstić information content (AvgIpc) is 2.55. The molecule has 3 nitrogen and oxygen atoms in total. The molecule has 0 radical (unpaired) electrons. The minimum atomic E-state index is -0.501. The quantitative estimate of drug-likeness (QED) is 0.819. The Hall–Kier alpha value is -1.68. The van der Waals surface area contributed by atoms with E-state index in [1.54, 1.807) is 12.3 Å². The minimum Gasteiger partial charge on any atom is -0.490 e. The van der Waals surface area contributed by atoms with Crippen molar-refractivity contribution >= 4 is 10.9 Å². The van der Waals surface area contributed by atoms with Crippen LogP contribution in [0.25, 0.3) is 10.9 Å². The highest BCUT2D eigenvalue weighted by Crippen LogP contribution is 2.29. The molecule has 0 bridgehead atoms. The Morgan fingerprint density at radius 1 is 1.21 bits per heavy atom. The molecule has 1 aromatic carbocycles. The Labute approximate surface area is 143 Å². The second-order valence-corrected chi connectivity index (χ2v) is 7.91. The van der Waals surface area contributed by atoms with Crippen LogP contribution in [0.5, 0.6) is 5.75 Å². The number of halogens is 1. The summed E-state index contributed by atoms with van der Waals surface area (Å²) in [4.78, 5) is 6.85. The number of benzene rings is 1. The summed E-state index contributed by atoms with van der Waals surface area (Å²) in [6.45, 7) is 9.60. The molecule has 1 aliphatic rings. The van der Waals surface area contributed by atoms with Crippen molar-refractivity contribution in [2.45, 2.75) is 46.4 Å². The Morgan fingerprint density at radius 2 is 1.96 bits per heavy atom. The van der Waals surface area contributed by atoms with E-state index in [1.165, 1.54) is 0 Å². The second-order valence-electron chi connectivity index (χ2n) is 7.91. The fourth-order valence-electron chi connectivity index (χ4n) is 3.46. The molecule has 1 saturated heterocycles. The molecule has 0 atom stereocenters. The molecule has 1 aromatic heterocycles. The fraction of sp³-hybridized carbons (Fsp3) is 0.550. The second kappa shape index (κ2) is 7.06. The van der Waals surface area contributed by atoms with Crippen molar-refractivity contribution in [2.75, 3.05) is 19.6 Å². The fourth-order valence-corrected chi connectivity index (χ4v) is 3.46. The van der Waals surface area contributed by atoms with E-state index in [4.69, 9.17) is 4.74 Å². The number of nitrogens with zero attached hydrogens (tertiary/aromatic N) is 2. The number of hydrogen-bond donors (Lipinski definition) is 0. The summed E-state index contributed by atoms with van der Waals surface area (Å²) in [5, 5.41) is 0.907. The molecule has 0 amide bonds. The molecule has 1 aliphatic heterocycles. The van der Waals surface area contributed by atoms with Crippen molar-refractivity contribution in [1.82, 2.24) is 9.88 Å². The van der Waals surface area contributed by atoms with Crippen LogP contribution < -0.4 is 4.74 Å². The highest BCUT2D eigenvalue weighted by molar-refractivity contribution is 5.87. The molecule has 1 fully saturated rings. The Bertz CT molecular complexity index is 688. The predicted octanol–water partition coefficient (Wildman–Crippen LogP) is 4.59. The lowest BCUT2D eigenvalue weighted by Gasteiger charge is -2.36. The van der Waals surface area contributed by atoms with E-state index in [-0.39, 0.29) is 6.10 Å². The van der Waals surface area contributed by atoms with E-state index in [2.05, 4.69) is 30.7 Å². The smallest absolute Gasteiger partial charge is 0.130 e. The van der Waals surface area contributed by atoms with Gasteiger partial charge in [0, 0.05) is 36.8 Å². The first-order valence-electron chi connectivity index (χ1n) is 8.78. The van der Waals surface area contributed by atoms with E-state index in [9.17, 15) is 4.39 Å². The Balaban J connectivity index is 1.69. The zero-order chi connectivity index (χ0) is 17.2. The van der Waals surface area contributed by atoms with Gasteiger partial charge in [-0.3, -0.25) is 4.98 Å². The molecule has 0 saturated carbocycles. The number of ether oxygens (including phenoxy) is 1. The average molecular weight is 330 g/mol. The van der Waals surface area contributed by atoms with Crippen LogP contribution in [0.15, 0.2) is 30.5 Å². The van der Waals surface area contributed by atoms with Crippen LogP contribution in [-0.4, -0.2) is 35.6 Å². The molecule has 4 heteroatoms. The van der Waals surface area contributed by atoms with Crippen molar-refractivity contribution < 1.29 is 9.13 Å². The summed E-state index contributed by atoms with van der Waals surface area (Å²) in [5.74, 6) is 0.824. The van der Waals surface area contributed by atoms with Crippen LogP contribution in [0.1, 0.15) is 39.2 Å². The number of para-hydroxylation sites is 1. The number of rotatable bonds is 4. The summed E-state index contributed by atoms with van der Waals surface area (Å²) in [5.41, 5.74) is 1.67. The maximum absolute atomic E-state index is 13.1. The van der Waals surface area contributed by atoms with Crippen LogP contribution >= 0.6 is 0 Å². The molecule has 0 unspecified atom stereocenters. The first-order chi connectivity index (χ1) is 11.5. The summed E-state index contributed by atoms with van der Waals surface area (Å²) >= 11 is 0. The van der Waals surface area contributed by atoms with E-state index in [0.717, 1.165) is 43.6 Å². The van der Waals surface area contributed by atoms with Gasteiger partial charge in [0.1, 0.15) is 18.5 Å². The van der Waals surface area contributed by atoms with Crippen LogP contribution in [0.4, 0.5) is 4.39 Å². The number of hydrogen-bond acceptors (Lipinski definition) is 3. The molecule has 3 rings (SSSR count). The van der Waals surface area contributed by atoms with Gasteiger partial charge in [-0.05, 0) is 30.4 Å². The van der Waals surface area contributed by atoms with Gasteiger partial charge in [0.2, 0.25) is 0 Å². The maximum atomic E-state index is 13.1. The van der Waals surface area contributed by atoms with Gasteiger partial charge in [0.05, 0.1) is 5.52 Å². The van der Waals surface area contributed by atoms with Crippen LogP contribution in [0.3, 0.4) is 0 Å². The van der Waals surface area contributed by atoms with Crippen molar-refractivity contribution in [3.05, 3.63) is 36.0 Å². The Morgan fingerprint density at radius 3 is 2.62 bits per heavy atom. The minimum absolute atomic E-state index is 0.223. The monoisotopic (exact) mass is 330 g/mol. The third-order valence-electron chi connectivity index (χ3n) is 4.48. The van der Waals surface area contributed by atoms with Gasteiger partial charge in [-0.25, -0.2) is 4.39 Å². The Kier molecular flexibility index (Phi) is 5.04. The molecular weight excluding hydrogens is 303 g/mol. The lowest BCUT2D eigenvalue weighted by molar-refractivity contribution is 0.0819. The molecule has 24 heavy (non-hydrogen) atoms. The van der Waals surface area contributed by atoms with Crippen molar-refractivity contribution in [1.29, 1.82) is 0 Å². The highest BCUT2D eigenvalue weighted by Gasteiger charge is 2.24. The third kappa shape index (κ3) is 4.04. The molecule has 0 aliphatic carbocycles. The van der Waals surface area contributed by atoms with Crippen LogP contribution in [0.2, 0.25) is 0 Å². The lowest BCUT2D eigenvalue weighted by Crippen LogP contribution is -2.42. The topological polar surface area (TPSA) is 25.4 Å². The first kappa shape index (κ1) is 17.2. The van der Waals surface area contributed by atoms with Crippen LogP contribution in [-0.2, 0) is 6.67 Å². The van der Waals surface area contributed by atoms with Gasteiger partial charge in [-0.2, -0.15) is 0 Å². The molecular formula is C20H27FN2O. The number of aromatic nitrogens is 1. The molecule has 2 heterocycles. The van der Waals surface area contributed by atoms with Gasteiger partial charge in [-0.1, -0.05) is 32.9 Å². The summed E-state index contributed by atoms with van der Waals surface area (Å²) < 4.78 is 19.4. The van der Waals surface area contributed by atoms with E-state index < -0.39 is 6.67 Å². The van der Waals surface area contributed by atoms with Gasteiger partial charge >= 0.3 is 0 Å². The third-order valence-corrected chi connectivity index (χ3v) is 4.48. The number of fused-ring (bicyclic) bond motifs is 1. The van der Waals surface area contributed by atoms with Gasteiger partial charge in [0.15, 0.2) is 0 Å². The molecule has 0 spiro atoms. The lowest BCUT2D eigenvalue weighted by atomic mass is 9.94. The number of piperidine rings is 1. The number of likely N-dealkylation sites (tertiary alicyclic amines) is 1. The van der Waals surface area contributed by atoms with Crippen molar-refractivity contribution in [3.63, 3.8) is 0 Å². The predicted molar refractivity (Wildman–Crippen MR) is 96.1 cm³/mol. The molecule has 0 N–H and O–H groups in total. The highest BCUT2D eigenvalue weighted by atomic mass is 19.1. The van der Waals surface area contributed by atoms with Crippen LogP contribution in [0, 0.1) is 5.41 Å². The van der Waals surface area contributed by atoms with E-state index in [1.807, 2.05) is 18.2 Å². The summed E-state index contributed by atoms with van der Waals surface area (Å²) in [6.07, 6.45) is 4.00. The zero-order valence-electron chi connectivity index (χ0n) is 14.9. The first-order valence-corrected chi connectivity index (χ1v) is 8.78. The summed E-state index contributed by atoms with van der Waals surface area (Å²) in [7, 11) is 0. The van der Waals surface area contributed by atoms with E-state index in [0.29, 0.717) is 16.5 Å². The molecule has 130 valence electrons. The SMILES string of the molecule is CC(C)(C)CN1CCC(Oc2ccnc3c(CF)cccc23)CC1.